The van der Waals surface area contributed by atoms with Crippen LogP contribution in [0.15, 0.2) is 51.9 Å². The minimum absolute atomic E-state index is 0.217. The average Bonchev–Trinajstić information content (AvgIpc) is 2.71. The number of aromatic hydroxyl groups is 1. The van der Waals surface area contributed by atoms with Crippen LogP contribution >= 0.6 is 0 Å². The van der Waals surface area contributed by atoms with Crippen molar-refractivity contribution < 1.29 is 19.1 Å². The lowest BCUT2D eigenvalue weighted by atomic mass is 9.78. The molecule has 0 radical (unpaired) electrons. The molecule has 0 bridgehead atoms. The van der Waals surface area contributed by atoms with Gasteiger partial charge in [0.2, 0.25) is 0 Å². The molecule has 0 aliphatic carbocycles. The third-order valence-electron chi connectivity index (χ3n) is 5.43. The van der Waals surface area contributed by atoms with Crippen LogP contribution in [0.4, 0.5) is 0 Å². The van der Waals surface area contributed by atoms with E-state index in [1.54, 1.807) is 30.3 Å². The first-order chi connectivity index (χ1) is 14.8. The summed E-state index contributed by atoms with van der Waals surface area (Å²) in [5.41, 5.74) is 1.65. The maximum Gasteiger partial charge on any atom is 0.200 e. The highest BCUT2D eigenvalue weighted by molar-refractivity contribution is 6.07. The van der Waals surface area contributed by atoms with Crippen molar-refractivity contribution in [3.63, 3.8) is 0 Å². The van der Waals surface area contributed by atoms with Gasteiger partial charge in [-0.25, -0.2) is 0 Å². The van der Waals surface area contributed by atoms with Gasteiger partial charge in [-0.3, -0.25) is 9.59 Å². The Bertz CT molecular complexity index is 1230. The van der Waals surface area contributed by atoms with Crippen LogP contribution in [0.3, 0.4) is 0 Å². The second kappa shape index (κ2) is 8.30. The molecule has 168 valence electrons. The van der Waals surface area contributed by atoms with Crippen LogP contribution in [0.1, 0.15) is 68.6 Å². The third kappa shape index (κ3) is 4.62. The van der Waals surface area contributed by atoms with Gasteiger partial charge in [-0.2, -0.15) is 0 Å². The maximum atomic E-state index is 13.0. The normalized spacial score (nSPS) is 12.5. The van der Waals surface area contributed by atoms with E-state index in [1.807, 2.05) is 41.5 Å². The molecule has 0 atom stereocenters. The van der Waals surface area contributed by atoms with Gasteiger partial charge in [0.05, 0.1) is 18.1 Å². The summed E-state index contributed by atoms with van der Waals surface area (Å²) >= 11 is 0. The van der Waals surface area contributed by atoms with Crippen LogP contribution in [0.2, 0.25) is 0 Å². The van der Waals surface area contributed by atoms with Crippen LogP contribution in [-0.4, -0.2) is 18.0 Å². The van der Waals surface area contributed by atoms with Crippen molar-refractivity contribution in [1.29, 1.82) is 0 Å². The molecule has 1 N–H and O–H groups in total. The zero-order valence-corrected chi connectivity index (χ0v) is 19.7. The summed E-state index contributed by atoms with van der Waals surface area (Å²) in [5.74, 6) is 0.510. The predicted octanol–water partition coefficient (Wildman–Crippen LogP) is 6.00. The number of ketones is 1. The Morgan fingerprint density at radius 1 is 1.00 bits per heavy atom. The molecule has 0 fully saturated rings. The molecular weight excluding hydrogens is 404 g/mol. The first-order valence-electron chi connectivity index (χ1n) is 10.5. The predicted molar refractivity (Wildman–Crippen MR) is 128 cm³/mol. The fourth-order valence-electron chi connectivity index (χ4n) is 3.55. The van der Waals surface area contributed by atoms with E-state index < -0.39 is 0 Å². The summed E-state index contributed by atoms with van der Waals surface area (Å²) in [6, 6.07) is 8.46. The number of rotatable bonds is 4. The van der Waals surface area contributed by atoms with Gasteiger partial charge in [-0.15, -0.1) is 0 Å². The molecule has 0 aliphatic heterocycles. The first-order valence-corrected chi connectivity index (χ1v) is 10.5. The Hall–Kier alpha value is -3.34. The fourth-order valence-corrected chi connectivity index (χ4v) is 3.55. The molecule has 0 amide bonds. The van der Waals surface area contributed by atoms with Gasteiger partial charge >= 0.3 is 0 Å². The average molecular weight is 435 g/mol. The highest BCUT2D eigenvalue weighted by Gasteiger charge is 2.27. The van der Waals surface area contributed by atoms with Crippen molar-refractivity contribution >= 4 is 22.8 Å². The summed E-state index contributed by atoms with van der Waals surface area (Å²) in [6.07, 6.45) is 4.18. The molecule has 32 heavy (non-hydrogen) atoms. The van der Waals surface area contributed by atoms with Gasteiger partial charge in [0.1, 0.15) is 23.3 Å². The number of carbonyl (C=O) groups excluding carboxylic acids is 1. The summed E-state index contributed by atoms with van der Waals surface area (Å²) in [7, 11) is 1.53. The van der Waals surface area contributed by atoms with Crippen molar-refractivity contribution in [2.75, 3.05) is 7.11 Å². The smallest absolute Gasteiger partial charge is 0.200 e. The molecular formula is C27H30O5. The Labute approximate surface area is 188 Å². The minimum atomic E-state index is -0.345. The zero-order valence-electron chi connectivity index (χ0n) is 19.7. The van der Waals surface area contributed by atoms with Crippen LogP contribution in [0.25, 0.3) is 17.0 Å². The van der Waals surface area contributed by atoms with Crippen LogP contribution < -0.4 is 10.2 Å². The number of hydrogen-bond acceptors (Lipinski definition) is 5. The van der Waals surface area contributed by atoms with Crippen molar-refractivity contribution in [2.24, 2.45) is 0 Å². The molecule has 5 heteroatoms. The molecule has 1 aromatic heterocycles. The van der Waals surface area contributed by atoms with Gasteiger partial charge in [0.25, 0.3) is 0 Å². The molecule has 0 aliphatic rings. The number of hydrogen-bond donors (Lipinski definition) is 1. The molecule has 0 unspecified atom stereocenters. The summed E-state index contributed by atoms with van der Waals surface area (Å²) < 4.78 is 10.7. The highest BCUT2D eigenvalue weighted by atomic mass is 16.5. The van der Waals surface area contributed by atoms with E-state index in [4.69, 9.17) is 9.15 Å². The number of phenolic OH excluding ortho intramolecular Hbond substituents is 1. The molecule has 3 rings (SSSR count). The Morgan fingerprint density at radius 3 is 2.12 bits per heavy atom. The van der Waals surface area contributed by atoms with E-state index in [0.717, 1.165) is 0 Å². The highest BCUT2D eigenvalue weighted by Crippen LogP contribution is 2.39. The molecule has 0 spiro atoms. The Balaban J connectivity index is 2.05. The lowest BCUT2D eigenvalue weighted by Crippen LogP contribution is -2.18. The van der Waals surface area contributed by atoms with E-state index in [-0.39, 0.29) is 33.4 Å². The number of carbonyl (C=O) groups is 1. The van der Waals surface area contributed by atoms with Crippen molar-refractivity contribution in [3.8, 4) is 11.5 Å². The first kappa shape index (κ1) is 23.3. The topological polar surface area (TPSA) is 76.7 Å². The SMILES string of the molecule is COc1ccc2occ(/C=C/C(=O)c3cc(C(C)(C)C)c(O)c(C(C)(C)C)c3)c(=O)c2c1. The molecule has 1 heterocycles. The van der Waals surface area contributed by atoms with E-state index in [9.17, 15) is 14.7 Å². The molecule has 3 aromatic rings. The van der Waals surface area contributed by atoms with Gasteiger partial charge in [-0.1, -0.05) is 41.5 Å². The van der Waals surface area contributed by atoms with E-state index >= 15 is 0 Å². The van der Waals surface area contributed by atoms with Gasteiger partial charge < -0.3 is 14.3 Å². The van der Waals surface area contributed by atoms with E-state index in [1.165, 1.54) is 25.5 Å². The van der Waals surface area contributed by atoms with Crippen molar-refractivity contribution in [2.45, 2.75) is 52.4 Å². The summed E-state index contributed by atoms with van der Waals surface area (Å²) in [5, 5.41) is 11.2. The third-order valence-corrected chi connectivity index (χ3v) is 5.43. The standard InChI is InChI=1S/C27H30O5/c1-26(2,3)20-12-17(13-21(25(20)30)27(4,5)6)22(28)10-8-16-15-32-23-11-9-18(31-7)14-19(23)24(16)29/h8-15,30H,1-7H3/b10-8+. The van der Waals surface area contributed by atoms with Gasteiger partial charge in [0.15, 0.2) is 11.2 Å². The summed E-state index contributed by atoms with van der Waals surface area (Å²) in [6.45, 7) is 12.0. The number of phenols is 1. The largest absolute Gasteiger partial charge is 0.507 e. The molecule has 0 saturated heterocycles. The number of methoxy groups -OCH3 is 1. The number of ether oxygens (including phenoxy) is 1. The monoisotopic (exact) mass is 434 g/mol. The Kier molecular flexibility index (Phi) is 6.05. The molecule has 2 aromatic carbocycles. The van der Waals surface area contributed by atoms with Crippen LogP contribution in [0, 0.1) is 0 Å². The van der Waals surface area contributed by atoms with Crippen LogP contribution in [0.5, 0.6) is 11.5 Å². The number of benzene rings is 2. The lowest BCUT2D eigenvalue weighted by Gasteiger charge is -2.27. The quantitative estimate of drug-likeness (QED) is 0.403. The van der Waals surface area contributed by atoms with Crippen molar-refractivity contribution in [1.82, 2.24) is 0 Å². The number of allylic oxidation sites excluding steroid dienone is 1. The fraction of sp³-hybridized carbons (Fsp3) is 0.333. The minimum Gasteiger partial charge on any atom is -0.507 e. The maximum absolute atomic E-state index is 13.0. The molecule has 0 saturated carbocycles. The van der Waals surface area contributed by atoms with Gasteiger partial charge in [0, 0.05) is 16.7 Å². The van der Waals surface area contributed by atoms with E-state index in [0.29, 0.717) is 33.4 Å². The second-order valence-corrected chi connectivity index (χ2v) is 10.00. The zero-order chi connectivity index (χ0) is 23.8. The van der Waals surface area contributed by atoms with E-state index in [2.05, 4.69) is 0 Å². The van der Waals surface area contributed by atoms with Crippen molar-refractivity contribution in [3.05, 3.63) is 75.1 Å². The Morgan fingerprint density at radius 2 is 1.59 bits per heavy atom. The summed E-state index contributed by atoms with van der Waals surface area (Å²) in [4.78, 5) is 25.9. The molecule has 5 nitrogen and oxygen atoms in total. The number of fused-ring (bicyclic) bond motifs is 1. The second-order valence-electron chi connectivity index (χ2n) is 10.00. The van der Waals surface area contributed by atoms with Gasteiger partial charge in [-0.05, 0) is 53.3 Å². The lowest BCUT2D eigenvalue weighted by molar-refractivity contribution is 0.104. The van der Waals surface area contributed by atoms with Crippen LogP contribution in [-0.2, 0) is 10.8 Å².